The van der Waals surface area contributed by atoms with Gasteiger partial charge >= 0.3 is 0 Å². The van der Waals surface area contributed by atoms with Gasteiger partial charge in [-0.2, -0.15) is 9.57 Å². The number of nitriles is 1. The van der Waals surface area contributed by atoms with Gasteiger partial charge in [0.05, 0.1) is 24.6 Å². The van der Waals surface area contributed by atoms with Crippen LogP contribution in [-0.4, -0.2) is 57.5 Å². The van der Waals surface area contributed by atoms with E-state index in [0.29, 0.717) is 43.4 Å². The lowest BCUT2D eigenvalue weighted by molar-refractivity contribution is 0.206. The first-order valence-corrected chi connectivity index (χ1v) is 8.59. The van der Waals surface area contributed by atoms with Gasteiger partial charge in [0.25, 0.3) is 0 Å². The van der Waals surface area contributed by atoms with Crippen LogP contribution in [0.25, 0.3) is 0 Å². The minimum atomic E-state index is -3.51. The molecule has 0 radical (unpaired) electrons. The van der Waals surface area contributed by atoms with Crippen LogP contribution in [0.3, 0.4) is 0 Å². The molecule has 0 atom stereocenters. The Balaban J connectivity index is 2.25. The van der Waals surface area contributed by atoms with Gasteiger partial charge < -0.3 is 4.74 Å². The van der Waals surface area contributed by atoms with Crippen molar-refractivity contribution in [3.63, 3.8) is 0 Å². The van der Waals surface area contributed by atoms with Gasteiger partial charge in [-0.1, -0.05) is 0 Å². The van der Waals surface area contributed by atoms with Gasteiger partial charge in [-0.05, 0) is 37.1 Å². The first-order valence-electron chi connectivity index (χ1n) is 7.15. The lowest BCUT2D eigenvalue weighted by atomic mass is 10.1. The molecular weight excluding hydrogens is 302 g/mol. The van der Waals surface area contributed by atoms with Gasteiger partial charge in [-0.15, -0.1) is 0 Å². The summed E-state index contributed by atoms with van der Waals surface area (Å²) >= 11 is 0. The van der Waals surface area contributed by atoms with Gasteiger partial charge in [0.15, 0.2) is 0 Å². The molecule has 0 amide bonds. The molecule has 22 heavy (non-hydrogen) atoms. The summed E-state index contributed by atoms with van der Waals surface area (Å²) in [6.45, 7) is 5.99. The van der Waals surface area contributed by atoms with Crippen LogP contribution in [0.2, 0.25) is 0 Å². The molecule has 1 aliphatic heterocycles. The summed E-state index contributed by atoms with van der Waals surface area (Å²) in [5.74, 6) is 0.690. The largest absolute Gasteiger partial charge is 0.496 e. The van der Waals surface area contributed by atoms with Gasteiger partial charge in [0.2, 0.25) is 10.0 Å². The first-order chi connectivity index (χ1) is 10.4. The smallest absolute Gasteiger partial charge is 0.243 e. The number of hydrogen-bond donors (Lipinski definition) is 0. The Labute approximate surface area is 131 Å². The van der Waals surface area contributed by atoms with Gasteiger partial charge in [-0.25, -0.2) is 8.42 Å². The number of rotatable bonds is 4. The third-order valence-corrected chi connectivity index (χ3v) is 6.19. The quantitative estimate of drug-likeness (QED) is 0.777. The number of methoxy groups -OCH3 is 1. The van der Waals surface area contributed by atoms with Crippen molar-refractivity contribution in [1.82, 2.24) is 9.21 Å². The van der Waals surface area contributed by atoms with Crippen molar-refractivity contribution < 1.29 is 13.2 Å². The predicted molar refractivity (Wildman–Crippen MR) is 83.3 cm³/mol. The molecule has 1 heterocycles. The highest BCUT2D eigenvalue weighted by molar-refractivity contribution is 7.89. The fraction of sp³-hybridized carbons (Fsp3) is 0.533. The van der Waals surface area contributed by atoms with Crippen LogP contribution in [-0.2, 0) is 10.0 Å². The van der Waals surface area contributed by atoms with Crippen LogP contribution in [0.1, 0.15) is 11.1 Å². The fourth-order valence-corrected chi connectivity index (χ4v) is 4.34. The van der Waals surface area contributed by atoms with Crippen molar-refractivity contribution in [2.75, 3.05) is 39.8 Å². The molecule has 0 unspecified atom stereocenters. The zero-order valence-electron chi connectivity index (χ0n) is 13.2. The minimum absolute atomic E-state index is 0.333. The topological polar surface area (TPSA) is 73.6 Å². The van der Waals surface area contributed by atoms with Crippen LogP contribution < -0.4 is 4.74 Å². The average molecular weight is 323 g/mol. The maximum atomic E-state index is 12.8. The van der Waals surface area contributed by atoms with Crippen molar-refractivity contribution in [3.8, 4) is 11.8 Å². The van der Waals surface area contributed by atoms with Crippen molar-refractivity contribution in [1.29, 1.82) is 5.26 Å². The highest BCUT2D eigenvalue weighted by atomic mass is 32.2. The zero-order valence-corrected chi connectivity index (χ0v) is 14.0. The predicted octanol–water partition coefficient (Wildman–Crippen LogP) is 1.14. The number of benzene rings is 1. The Morgan fingerprint density at radius 3 is 2.36 bits per heavy atom. The SMILES string of the molecule is COc1ccc(S(=O)(=O)N2CCN(CC#N)CC2)c(C)c1C. The Morgan fingerprint density at radius 2 is 1.82 bits per heavy atom. The second kappa shape index (κ2) is 6.65. The number of piperazine rings is 1. The molecule has 0 aromatic heterocycles. The van der Waals surface area contributed by atoms with E-state index in [1.165, 1.54) is 4.31 Å². The third kappa shape index (κ3) is 3.09. The van der Waals surface area contributed by atoms with Gasteiger partial charge in [-0.3, -0.25) is 4.90 Å². The standard InChI is InChI=1S/C15H21N3O3S/c1-12-13(2)15(5-4-14(12)21-3)22(19,20)18-10-8-17(7-6-16)9-11-18/h4-5H,7-11H2,1-3H3. The molecule has 1 fully saturated rings. The van der Waals surface area contributed by atoms with Crippen LogP contribution in [0.15, 0.2) is 17.0 Å². The van der Waals surface area contributed by atoms with Gasteiger partial charge in [0, 0.05) is 26.2 Å². The van der Waals surface area contributed by atoms with E-state index in [1.807, 2.05) is 11.8 Å². The second-order valence-electron chi connectivity index (χ2n) is 5.35. The summed E-state index contributed by atoms with van der Waals surface area (Å²) in [6.07, 6.45) is 0. The lowest BCUT2D eigenvalue weighted by Crippen LogP contribution is -2.48. The molecule has 0 aliphatic carbocycles. The van der Waals surface area contributed by atoms with E-state index in [4.69, 9.17) is 10.00 Å². The monoisotopic (exact) mass is 323 g/mol. The second-order valence-corrected chi connectivity index (χ2v) is 7.26. The summed E-state index contributed by atoms with van der Waals surface area (Å²) in [6, 6.07) is 5.40. The summed E-state index contributed by atoms with van der Waals surface area (Å²) in [5.41, 5.74) is 1.56. The normalized spacial score (nSPS) is 17.2. The van der Waals surface area contributed by atoms with E-state index in [9.17, 15) is 8.42 Å². The number of sulfonamides is 1. The van der Waals surface area contributed by atoms with E-state index in [0.717, 1.165) is 11.1 Å². The number of nitrogens with zero attached hydrogens (tertiary/aromatic N) is 3. The molecule has 1 saturated heterocycles. The van der Waals surface area contributed by atoms with E-state index >= 15 is 0 Å². The van der Waals surface area contributed by atoms with Crippen molar-refractivity contribution in [2.24, 2.45) is 0 Å². The fourth-order valence-electron chi connectivity index (χ4n) is 2.64. The summed E-state index contributed by atoms with van der Waals surface area (Å²) in [7, 11) is -1.94. The molecule has 0 bridgehead atoms. The third-order valence-electron chi connectivity index (χ3n) is 4.15. The van der Waals surface area contributed by atoms with E-state index in [-0.39, 0.29) is 0 Å². The molecule has 1 aliphatic rings. The highest BCUT2D eigenvalue weighted by Crippen LogP contribution is 2.29. The van der Waals surface area contributed by atoms with E-state index in [2.05, 4.69) is 6.07 Å². The molecule has 0 spiro atoms. The molecule has 7 heteroatoms. The molecule has 0 saturated carbocycles. The zero-order chi connectivity index (χ0) is 16.3. The maximum absolute atomic E-state index is 12.8. The average Bonchev–Trinajstić information content (AvgIpc) is 2.50. The van der Waals surface area contributed by atoms with Crippen molar-refractivity contribution >= 4 is 10.0 Å². The molecule has 2 rings (SSSR count). The van der Waals surface area contributed by atoms with Gasteiger partial charge in [0.1, 0.15) is 5.75 Å². The molecule has 6 nitrogen and oxygen atoms in total. The van der Waals surface area contributed by atoms with Crippen LogP contribution in [0, 0.1) is 25.2 Å². The van der Waals surface area contributed by atoms with Crippen LogP contribution in [0.5, 0.6) is 5.75 Å². The minimum Gasteiger partial charge on any atom is -0.496 e. The number of hydrogen-bond acceptors (Lipinski definition) is 5. The Bertz CT molecular complexity index is 687. The Morgan fingerprint density at radius 1 is 1.18 bits per heavy atom. The Hall–Kier alpha value is -1.62. The summed E-state index contributed by atoms with van der Waals surface area (Å²) in [4.78, 5) is 2.29. The van der Waals surface area contributed by atoms with E-state index in [1.54, 1.807) is 26.2 Å². The molecule has 1 aromatic rings. The first kappa shape index (κ1) is 16.7. The lowest BCUT2D eigenvalue weighted by Gasteiger charge is -2.33. The van der Waals surface area contributed by atoms with Crippen LogP contribution >= 0.6 is 0 Å². The molecule has 1 aromatic carbocycles. The molecule has 120 valence electrons. The van der Waals surface area contributed by atoms with E-state index < -0.39 is 10.0 Å². The van der Waals surface area contributed by atoms with Crippen molar-refractivity contribution in [3.05, 3.63) is 23.3 Å². The molecule has 0 N–H and O–H groups in total. The maximum Gasteiger partial charge on any atom is 0.243 e. The summed E-state index contributed by atoms with van der Waals surface area (Å²) in [5, 5.41) is 8.70. The number of ether oxygens (including phenoxy) is 1. The highest BCUT2D eigenvalue weighted by Gasteiger charge is 2.30. The van der Waals surface area contributed by atoms with Crippen LogP contribution in [0.4, 0.5) is 0 Å². The Kier molecular flexibility index (Phi) is 5.06. The summed E-state index contributed by atoms with van der Waals surface area (Å²) < 4.78 is 32.4. The van der Waals surface area contributed by atoms with Crippen molar-refractivity contribution in [2.45, 2.75) is 18.7 Å². The molecular formula is C15H21N3O3S.